The van der Waals surface area contributed by atoms with E-state index in [1.165, 1.54) is 11.1 Å². The molecule has 0 saturated heterocycles. The molecule has 5 rings (SSSR count). The van der Waals surface area contributed by atoms with Crippen LogP contribution in [0.2, 0.25) is 0 Å². The standard InChI is InChI=1S/C33H33NO3.CH2O2/c1-3-24-13-7-10-16-30(35)32(31(24)25-17-19-26(37-2)20-18-25)33(36)28-22-34(21-23-11-5-4-6-12-23)29-15-9-8-14-27(28)29;2-1-3/h4-6,8-9,11-12,14-15,17-20,22,36H,3,7,10,13,16,21H2,1-2H3;1H,(H,2,3). The lowest BCUT2D eigenvalue weighted by atomic mass is 9.82. The largest absolute Gasteiger partial charge is 0.506 e. The van der Waals surface area contributed by atoms with E-state index in [0.717, 1.165) is 53.5 Å². The number of fused-ring (bicyclic) bond motifs is 1. The van der Waals surface area contributed by atoms with E-state index in [2.05, 4.69) is 29.7 Å². The van der Waals surface area contributed by atoms with E-state index < -0.39 is 0 Å². The summed E-state index contributed by atoms with van der Waals surface area (Å²) in [4.78, 5) is 22.1. The maximum Gasteiger partial charge on any atom is 0.290 e. The molecule has 0 saturated carbocycles. The number of hydrogen-bond donors (Lipinski definition) is 2. The van der Waals surface area contributed by atoms with Gasteiger partial charge in [-0.2, -0.15) is 0 Å². The Morgan fingerprint density at radius 3 is 2.27 bits per heavy atom. The van der Waals surface area contributed by atoms with Crippen molar-refractivity contribution in [1.29, 1.82) is 0 Å². The molecule has 1 heterocycles. The van der Waals surface area contributed by atoms with Crippen molar-refractivity contribution in [2.75, 3.05) is 7.11 Å². The molecule has 0 fully saturated rings. The Morgan fingerprint density at radius 2 is 1.60 bits per heavy atom. The lowest BCUT2D eigenvalue weighted by Gasteiger charge is -2.22. The van der Waals surface area contributed by atoms with Crippen molar-refractivity contribution < 1.29 is 24.5 Å². The fourth-order valence-electron chi connectivity index (χ4n) is 5.38. The van der Waals surface area contributed by atoms with Crippen LogP contribution in [-0.2, 0) is 16.1 Å². The molecule has 0 bridgehead atoms. The number of allylic oxidation sites excluding steroid dienone is 3. The molecule has 0 spiro atoms. The molecule has 6 heteroatoms. The molecule has 0 atom stereocenters. The number of carboxylic acid groups (broad SMARTS) is 1. The summed E-state index contributed by atoms with van der Waals surface area (Å²) in [6.07, 6.45) is 5.95. The normalized spacial score (nSPS) is 15.1. The van der Waals surface area contributed by atoms with Crippen molar-refractivity contribution >= 4 is 34.5 Å². The Morgan fingerprint density at radius 1 is 0.950 bits per heavy atom. The van der Waals surface area contributed by atoms with Crippen LogP contribution in [0, 0.1) is 0 Å². The summed E-state index contributed by atoms with van der Waals surface area (Å²) >= 11 is 0. The average Bonchev–Trinajstić information content (AvgIpc) is 3.34. The number of ketones is 1. The molecule has 206 valence electrons. The number of nitrogens with zero attached hydrogens (tertiary/aromatic N) is 1. The van der Waals surface area contributed by atoms with Crippen LogP contribution in [0.15, 0.2) is 96.2 Å². The van der Waals surface area contributed by atoms with Crippen molar-refractivity contribution in [2.45, 2.75) is 45.6 Å². The Bertz CT molecular complexity index is 1530. The Hall–Kier alpha value is -4.58. The van der Waals surface area contributed by atoms with E-state index >= 15 is 0 Å². The fourth-order valence-corrected chi connectivity index (χ4v) is 5.38. The number of carbonyl (C=O) groups is 2. The first-order valence-electron chi connectivity index (χ1n) is 13.6. The lowest BCUT2D eigenvalue weighted by Crippen LogP contribution is -2.12. The van der Waals surface area contributed by atoms with Crippen LogP contribution < -0.4 is 4.74 Å². The molecule has 1 aliphatic rings. The number of benzene rings is 3. The highest BCUT2D eigenvalue weighted by Crippen LogP contribution is 2.40. The van der Waals surface area contributed by atoms with Crippen molar-refractivity contribution in [3.63, 3.8) is 0 Å². The first kappa shape index (κ1) is 28.4. The molecule has 0 radical (unpaired) electrons. The molecule has 0 aliphatic heterocycles. The van der Waals surface area contributed by atoms with Crippen LogP contribution in [-0.4, -0.2) is 34.1 Å². The number of methoxy groups -OCH3 is 1. The number of Topliss-reactive ketones (excluding diaryl/α,β-unsaturated/α-hetero) is 1. The topological polar surface area (TPSA) is 88.8 Å². The summed E-state index contributed by atoms with van der Waals surface area (Å²) in [5.74, 6) is 0.818. The van der Waals surface area contributed by atoms with Crippen LogP contribution in [0.3, 0.4) is 0 Å². The van der Waals surface area contributed by atoms with Gasteiger partial charge < -0.3 is 19.5 Å². The molecule has 6 nitrogen and oxygen atoms in total. The minimum Gasteiger partial charge on any atom is -0.506 e. The molecule has 1 aromatic heterocycles. The number of ether oxygens (including phenoxy) is 1. The first-order valence-corrected chi connectivity index (χ1v) is 13.6. The van der Waals surface area contributed by atoms with E-state index in [1.54, 1.807) is 7.11 Å². The molecule has 4 aromatic rings. The van der Waals surface area contributed by atoms with Gasteiger partial charge in [-0.25, -0.2) is 0 Å². The summed E-state index contributed by atoms with van der Waals surface area (Å²) in [5, 5.41) is 19.8. The van der Waals surface area contributed by atoms with Crippen LogP contribution in [0.5, 0.6) is 5.75 Å². The minimum atomic E-state index is -0.250. The monoisotopic (exact) mass is 537 g/mol. The summed E-state index contributed by atoms with van der Waals surface area (Å²) in [7, 11) is 1.65. The average molecular weight is 538 g/mol. The summed E-state index contributed by atoms with van der Waals surface area (Å²) in [5.41, 5.74) is 6.33. The second-order valence-electron chi connectivity index (χ2n) is 9.69. The van der Waals surface area contributed by atoms with Crippen molar-refractivity contribution in [3.8, 4) is 5.75 Å². The van der Waals surface area contributed by atoms with Crippen LogP contribution in [0.1, 0.15) is 55.7 Å². The number of hydrogen-bond acceptors (Lipinski definition) is 4. The first-order chi connectivity index (χ1) is 19.5. The SMILES string of the molecule is CCC1=C(c2ccc(OC)cc2)C(=C(O)c2cn(Cc3ccccc3)c3ccccc23)C(=O)CCCC1.O=CO. The van der Waals surface area contributed by atoms with E-state index in [1.807, 2.05) is 66.9 Å². The van der Waals surface area contributed by atoms with Gasteiger partial charge in [0.15, 0.2) is 5.78 Å². The molecule has 40 heavy (non-hydrogen) atoms. The number of rotatable bonds is 6. The van der Waals surface area contributed by atoms with E-state index in [-0.39, 0.29) is 18.0 Å². The Balaban J connectivity index is 0.00000118. The third-order valence-electron chi connectivity index (χ3n) is 7.30. The second-order valence-corrected chi connectivity index (χ2v) is 9.69. The van der Waals surface area contributed by atoms with Gasteiger partial charge in [0.05, 0.1) is 12.7 Å². The molecular formula is C34H35NO5. The smallest absolute Gasteiger partial charge is 0.290 e. The highest BCUT2D eigenvalue weighted by Gasteiger charge is 2.27. The highest BCUT2D eigenvalue weighted by atomic mass is 16.5. The zero-order chi connectivity index (χ0) is 28.5. The zero-order valence-corrected chi connectivity index (χ0v) is 23.0. The Kier molecular flexibility index (Phi) is 9.57. The van der Waals surface area contributed by atoms with E-state index in [4.69, 9.17) is 14.6 Å². The van der Waals surface area contributed by atoms with Gasteiger partial charge in [-0.05, 0) is 60.6 Å². The number of aliphatic hydroxyl groups is 1. The zero-order valence-electron chi connectivity index (χ0n) is 23.0. The maximum absolute atomic E-state index is 13.7. The molecule has 2 N–H and O–H groups in total. The second kappa shape index (κ2) is 13.5. The number of carbonyl (C=O) groups excluding carboxylic acids is 1. The fraction of sp³-hybridized carbons (Fsp3) is 0.235. The number of aliphatic hydroxyl groups excluding tert-OH is 1. The van der Waals surface area contributed by atoms with Gasteiger partial charge >= 0.3 is 0 Å². The summed E-state index contributed by atoms with van der Waals surface area (Å²) in [6.45, 7) is 2.56. The van der Waals surface area contributed by atoms with Gasteiger partial charge in [-0.15, -0.1) is 0 Å². The Labute approximate surface area is 234 Å². The highest BCUT2D eigenvalue weighted by molar-refractivity contribution is 6.17. The third kappa shape index (κ3) is 6.18. The van der Waals surface area contributed by atoms with E-state index in [0.29, 0.717) is 24.1 Å². The molecule has 3 aromatic carbocycles. The van der Waals surface area contributed by atoms with Gasteiger partial charge in [-0.1, -0.05) is 73.2 Å². The summed E-state index contributed by atoms with van der Waals surface area (Å²) in [6, 6.07) is 26.2. The van der Waals surface area contributed by atoms with Crippen LogP contribution >= 0.6 is 0 Å². The van der Waals surface area contributed by atoms with Gasteiger partial charge in [0, 0.05) is 35.6 Å². The van der Waals surface area contributed by atoms with Gasteiger partial charge in [0.2, 0.25) is 0 Å². The van der Waals surface area contributed by atoms with Gasteiger partial charge in [-0.3, -0.25) is 9.59 Å². The maximum atomic E-state index is 13.7. The van der Waals surface area contributed by atoms with Crippen molar-refractivity contribution in [1.82, 2.24) is 4.57 Å². The molecule has 0 amide bonds. The van der Waals surface area contributed by atoms with Crippen LogP contribution in [0.25, 0.3) is 22.2 Å². The predicted octanol–water partition coefficient (Wildman–Crippen LogP) is 7.68. The molecular weight excluding hydrogens is 502 g/mol. The molecule has 0 unspecified atom stereocenters. The van der Waals surface area contributed by atoms with Crippen molar-refractivity contribution in [3.05, 3.63) is 113 Å². The number of aromatic nitrogens is 1. The minimum absolute atomic E-state index is 0.00569. The van der Waals surface area contributed by atoms with E-state index in [9.17, 15) is 9.90 Å². The van der Waals surface area contributed by atoms with Crippen LogP contribution in [0.4, 0.5) is 0 Å². The molecule has 1 aliphatic carbocycles. The summed E-state index contributed by atoms with van der Waals surface area (Å²) < 4.78 is 7.53. The van der Waals surface area contributed by atoms with Crippen molar-refractivity contribution in [2.24, 2.45) is 0 Å². The van der Waals surface area contributed by atoms with Gasteiger partial charge in [0.1, 0.15) is 11.5 Å². The number of para-hydroxylation sites is 1. The third-order valence-corrected chi connectivity index (χ3v) is 7.30. The van der Waals surface area contributed by atoms with Gasteiger partial charge in [0.25, 0.3) is 6.47 Å². The quantitative estimate of drug-likeness (QED) is 0.150. The predicted molar refractivity (Wildman–Crippen MR) is 159 cm³/mol. The lowest BCUT2D eigenvalue weighted by molar-refractivity contribution is -0.123.